The second kappa shape index (κ2) is 14.5. The highest BCUT2D eigenvalue weighted by Crippen LogP contribution is 2.41. The third-order valence-corrected chi connectivity index (χ3v) is 11.3. The molecule has 11 rings (SSSR count). The third kappa shape index (κ3) is 6.13. The van der Waals surface area contributed by atoms with E-state index >= 15 is 0 Å². The number of anilines is 3. The van der Waals surface area contributed by atoms with Crippen LogP contribution in [0.3, 0.4) is 0 Å². The van der Waals surface area contributed by atoms with Crippen molar-refractivity contribution in [2.75, 3.05) is 4.90 Å². The first-order valence-electron chi connectivity index (χ1n) is 19.9. The molecule has 5 heteroatoms. The first-order valence-corrected chi connectivity index (χ1v) is 19.9. The van der Waals surface area contributed by atoms with Gasteiger partial charge in [-0.3, -0.25) is 9.97 Å². The number of rotatable bonds is 8. The molecule has 0 aliphatic heterocycles. The lowest BCUT2D eigenvalue weighted by Gasteiger charge is -2.26. The molecule has 0 atom stereocenters. The van der Waals surface area contributed by atoms with E-state index in [0.29, 0.717) is 0 Å². The summed E-state index contributed by atoms with van der Waals surface area (Å²) in [7, 11) is 0. The second-order valence-electron chi connectivity index (χ2n) is 14.7. The van der Waals surface area contributed by atoms with Crippen LogP contribution in [0.25, 0.3) is 77.7 Å². The molecule has 0 aliphatic rings. The first kappa shape index (κ1) is 34.2. The van der Waals surface area contributed by atoms with Crippen LogP contribution in [0, 0.1) is 0 Å². The lowest BCUT2D eigenvalue weighted by Crippen LogP contribution is -2.09. The van der Waals surface area contributed by atoms with E-state index in [-0.39, 0.29) is 0 Å². The van der Waals surface area contributed by atoms with Crippen LogP contribution in [-0.2, 0) is 0 Å². The van der Waals surface area contributed by atoms with E-state index in [4.69, 9.17) is 0 Å². The highest BCUT2D eigenvalue weighted by Gasteiger charge is 2.19. The Labute approximate surface area is 342 Å². The molecule has 7 aromatic carbocycles. The molecule has 0 fully saturated rings. The van der Waals surface area contributed by atoms with Crippen LogP contribution < -0.4 is 4.90 Å². The van der Waals surface area contributed by atoms with Gasteiger partial charge in [-0.05, 0) is 120 Å². The van der Waals surface area contributed by atoms with Crippen LogP contribution in [0.4, 0.5) is 17.1 Å². The summed E-state index contributed by atoms with van der Waals surface area (Å²) in [5, 5.41) is 3.68. The minimum Gasteiger partial charge on any atom is -0.316 e. The zero-order valence-corrected chi connectivity index (χ0v) is 32.1. The lowest BCUT2D eigenvalue weighted by molar-refractivity contribution is 1.13. The molecule has 11 aromatic rings. The van der Waals surface area contributed by atoms with Crippen molar-refractivity contribution in [3.8, 4) is 45.0 Å². The van der Waals surface area contributed by atoms with Crippen molar-refractivity contribution >= 4 is 49.8 Å². The highest BCUT2D eigenvalue weighted by atomic mass is 15.1. The molecule has 278 valence electrons. The predicted molar refractivity (Wildman–Crippen MR) is 244 cm³/mol. The number of aromatic nitrogens is 4. The van der Waals surface area contributed by atoms with Gasteiger partial charge in [-0.1, -0.05) is 97.1 Å². The van der Waals surface area contributed by atoms with Crippen molar-refractivity contribution in [2.24, 2.45) is 0 Å². The fourth-order valence-corrected chi connectivity index (χ4v) is 8.44. The molecule has 4 heterocycles. The van der Waals surface area contributed by atoms with Crippen LogP contribution in [-0.4, -0.2) is 19.1 Å². The maximum atomic E-state index is 4.57. The topological polar surface area (TPSA) is 38.9 Å². The molecule has 0 radical (unpaired) electrons. The molecule has 0 spiro atoms. The number of fused-ring (bicyclic) bond motifs is 5. The summed E-state index contributed by atoms with van der Waals surface area (Å²) in [4.78, 5) is 11.4. The zero-order chi connectivity index (χ0) is 39.1. The van der Waals surface area contributed by atoms with E-state index in [1.165, 1.54) is 38.3 Å². The van der Waals surface area contributed by atoms with Gasteiger partial charge in [0.1, 0.15) is 0 Å². The van der Waals surface area contributed by atoms with Gasteiger partial charge in [0.25, 0.3) is 0 Å². The number of hydrogen-bond donors (Lipinski definition) is 0. The molecule has 0 amide bonds. The highest BCUT2D eigenvalue weighted by molar-refractivity contribution is 6.19. The molecular formula is C54H37N5. The van der Waals surface area contributed by atoms with Gasteiger partial charge in [0.05, 0.1) is 27.9 Å². The van der Waals surface area contributed by atoms with Crippen molar-refractivity contribution < 1.29 is 0 Å². The molecule has 0 aliphatic carbocycles. The summed E-state index contributed by atoms with van der Waals surface area (Å²) in [6, 6.07) is 73.2. The average Bonchev–Trinajstić information content (AvgIpc) is 3.90. The Hall–Kier alpha value is -8.02. The number of hydrogen-bond acceptors (Lipinski definition) is 3. The van der Waals surface area contributed by atoms with Crippen molar-refractivity contribution in [1.29, 1.82) is 0 Å². The van der Waals surface area contributed by atoms with Crippen molar-refractivity contribution in [1.82, 2.24) is 19.1 Å². The fraction of sp³-hybridized carbons (Fsp3) is 0. The van der Waals surface area contributed by atoms with Crippen molar-refractivity contribution in [3.05, 3.63) is 225 Å². The Kier molecular flexibility index (Phi) is 8.41. The third-order valence-electron chi connectivity index (χ3n) is 11.3. The molecule has 0 saturated heterocycles. The number of benzene rings is 7. The van der Waals surface area contributed by atoms with E-state index < -0.39 is 0 Å². The van der Waals surface area contributed by atoms with Gasteiger partial charge < -0.3 is 14.0 Å². The van der Waals surface area contributed by atoms with Gasteiger partial charge in [-0.15, -0.1) is 0 Å². The van der Waals surface area contributed by atoms with E-state index in [0.717, 1.165) is 56.5 Å². The Morgan fingerprint density at radius 3 is 1.42 bits per heavy atom. The van der Waals surface area contributed by atoms with Crippen LogP contribution in [0.2, 0.25) is 0 Å². The molecular weight excluding hydrogens is 719 g/mol. The van der Waals surface area contributed by atoms with Crippen LogP contribution in [0.5, 0.6) is 0 Å². The second-order valence-corrected chi connectivity index (χ2v) is 14.7. The number of para-hydroxylation sites is 2. The Balaban J connectivity index is 1.00. The monoisotopic (exact) mass is 755 g/mol. The van der Waals surface area contributed by atoms with Gasteiger partial charge >= 0.3 is 0 Å². The van der Waals surface area contributed by atoms with Gasteiger partial charge in [-0.25, -0.2) is 0 Å². The van der Waals surface area contributed by atoms with Gasteiger partial charge in [0, 0.05) is 74.3 Å². The quantitative estimate of drug-likeness (QED) is 0.155. The smallest absolute Gasteiger partial charge is 0.0701 e. The Morgan fingerprint density at radius 2 is 0.864 bits per heavy atom. The lowest BCUT2D eigenvalue weighted by atomic mass is 10.0. The fourth-order valence-electron chi connectivity index (χ4n) is 8.44. The first-order chi connectivity index (χ1) is 29.3. The number of pyridine rings is 2. The molecule has 59 heavy (non-hydrogen) atoms. The summed E-state index contributed by atoms with van der Waals surface area (Å²) < 4.78 is 4.70. The minimum absolute atomic E-state index is 0.952. The van der Waals surface area contributed by atoms with Crippen molar-refractivity contribution in [2.45, 2.75) is 0 Å². The van der Waals surface area contributed by atoms with Crippen LogP contribution >= 0.6 is 0 Å². The largest absolute Gasteiger partial charge is 0.316 e. The Morgan fingerprint density at radius 1 is 0.356 bits per heavy atom. The summed E-state index contributed by atoms with van der Waals surface area (Å²) >= 11 is 0. The van der Waals surface area contributed by atoms with Gasteiger partial charge in [0.2, 0.25) is 0 Å². The summed E-state index contributed by atoms with van der Waals surface area (Å²) in [6.07, 6.45) is 5.86. The van der Waals surface area contributed by atoms with Crippen LogP contribution in [0.1, 0.15) is 0 Å². The van der Waals surface area contributed by atoms with Crippen molar-refractivity contribution in [3.63, 3.8) is 0 Å². The summed E-state index contributed by atoms with van der Waals surface area (Å²) in [5.41, 5.74) is 15.4. The molecule has 5 nitrogen and oxygen atoms in total. The number of nitrogens with zero attached hydrogens (tertiary/aromatic N) is 5. The summed E-state index contributed by atoms with van der Waals surface area (Å²) in [6.45, 7) is 0. The molecule has 4 aromatic heterocycles. The van der Waals surface area contributed by atoms with Gasteiger partial charge in [-0.2, -0.15) is 0 Å². The van der Waals surface area contributed by atoms with Gasteiger partial charge in [0.15, 0.2) is 0 Å². The normalized spacial score (nSPS) is 11.4. The average molecular weight is 756 g/mol. The van der Waals surface area contributed by atoms with E-state index in [9.17, 15) is 0 Å². The molecule has 0 bridgehead atoms. The molecule has 0 unspecified atom stereocenters. The van der Waals surface area contributed by atoms with E-state index in [1.54, 1.807) is 0 Å². The van der Waals surface area contributed by atoms with Crippen LogP contribution in [0.15, 0.2) is 225 Å². The standard InChI is InChI=1S/C54H37N5/c1-3-11-42(12-4-1)57-36-33-48-52(57)32-30-47-49-37-41(23-31-53(49)59(54(47)48)43-13-5-2-6-14-43)38-17-24-44(25-18-38)58(45-26-19-39(20-27-45)50-15-7-9-34-55-50)46-28-21-40(22-29-46)51-16-8-10-35-56-51/h1-37H. The Bertz CT molecular complexity index is 3130. The molecule has 0 saturated carbocycles. The minimum atomic E-state index is 0.952. The summed E-state index contributed by atoms with van der Waals surface area (Å²) in [5.74, 6) is 0. The van der Waals surface area contributed by atoms with E-state index in [1.807, 2.05) is 48.8 Å². The maximum absolute atomic E-state index is 4.57. The predicted octanol–water partition coefficient (Wildman–Crippen LogP) is 14.0. The molecule has 0 N–H and O–H groups in total. The SMILES string of the molecule is c1ccc(-n2ccc3c2ccc2c4cc(-c5ccc(N(c6ccc(-c7ccccn7)cc6)c6ccc(-c7ccccn7)cc6)cc5)ccc4n(-c4ccccc4)c23)cc1. The maximum Gasteiger partial charge on any atom is 0.0701 e. The van der Waals surface area contributed by atoms with E-state index in [2.05, 4.69) is 200 Å². The zero-order valence-electron chi connectivity index (χ0n) is 32.1.